The molecule has 0 aliphatic rings. The lowest BCUT2D eigenvalue weighted by atomic mass is 10.0. The van der Waals surface area contributed by atoms with Gasteiger partial charge in [0.25, 0.3) is 0 Å². The average molecular weight is 271 g/mol. The van der Waals surface area contributed by atoms with Crippen LogP contribution in [-0.2, 0) is 0 Å². The fourth-order valence-electron chi connectivity index (χ4n) is 1.84. The van der Waals surface area contributed by atoms with Crippen LogP contribution in [0.25, 0.3) is 0 Å². The summed E-state index contributed by atoms with van der Waals surface area (Å²) in [5.74, 6) is 0.194. The lowest BCUT2D eigenvalue weighted by Crippen LogP contribution is -2.03. The largest absolute Gasteiger partial charge is 0.476 e. The second kappa shape index (κ2) is 5.74. The number of benzene rings is 1. The Hall–Kier alpha value is -2.36. The van der Waals surface area contributed by atoms with Crippen molar-refractivity contribution in [2.45, 2.75) is 26.7 Å². The summed E-state index contributed by atoms with van der Waals surface area (Å²) in [6.07, 6.45) is 1.44. The summed E-state index contributed by atoms with van der Waals surface area (Å²) in [7, 11) is 0. The van der Waals surface area contributed by atoms with Gasteiger partial charge in [0.15, 0.2) is 11.4 Å². The average Bonchev–Trinajstić information content (AvgIpc) is 2.41. The molecule has 104 valence electrons. The van der Waals surface area contributed by atoms with E-state index in [2.05, 4.69) is 18.8 Å². The van der Waals surface area contributed by atoms with Crippen molar-refractivity contribution < 1.29 is 14.6 Å². The van der Waals surface area contributed by atoms with Crippen molar-refractivity contribution in [3.63, 3.8) is 0 Å². The Bertz CT molecular complexity index is 635. The molecule has 20 heavy (non-hydrogen) atoms. The first kappa shape index (κ1) is 14.1. The van der Waals surface area contributed by atoms with E-state index in [1.165, 1.54) is 6.20 Å². The Morgan fingerprint density at radius 1 is 1.25 bits per heavy atom. The number of aryl methyl sites for hydroxylation is 1. The van der Waals surface area contributed by atoms with Gasteiger partial charge in [-0.05, 0) is 42.2 Å². The quantitative estimate of drug-likeness (QED) is 0.912. The van der Waals surface area contributed by atoms with Crippen LogP contribution in [0.5, 0.6) is 11.5 Å². The van der Waals surface area contributed by atoms with Crippen LogP contribution in [0.2, 0.25) is 0 Å². The second-order valence-electron chi connectivity index (χ2n) is 4.94. The summed E-state index contributed by atoms with van der Waals surface area (Å²) in [4.78, 5) is 15.0. The zero-order chi connectivity index (χ0) is 14.7. The van der Waals surface area contributed by atoms with Crippen molar-refractivity contribution >= 4 is 5.97 Å². The Morgan fingerprint density at radius 2 is 2.00 bits per heavy atom. The van der Waals surface area contributed by atoms with Crippen molar-refractivity contribution in [3.05, 3.63) is 53.3 Å². The molecule has 0 amide bonds. The Kier molecular flexibility index (Phi) is 4.03. The summed E-state index contributed by atoms with van der Waals surface area (Å²) in [6, 6.07) is 9.23. The molecule has 2 aromatic rings. The highest BCUT2D eigenvalue weighted by Gasteiger charge is 2.14. The highest BCUT2D eigenvalue weighted by Crippen LogP contribution is 2.29. The van der Waals surface area contributed by atoms with E-state index < -0.39 is 5.97 Å². The van der Waals surface area contributed by atoms with Gasteiger partial charge in [0, 0.05) is 6.20 Å². The predicted octanol–water partition coefficient (Wildman–Crippen LogP) is 4.00. The fraction of sp³-hybridized carbons (Fsp3) is 0.250. The molecular weight excluding hydrogens is 254 g/mol. The van der Waals surface area contributed by atoms with Crippen molar-refractivity contribution in [2.75, 3.05) is 0 Å². The van der Waals surface area contributed by atoms with Crippen molar-refractivity contribution in [2.24, 2.45) is 0 Å². The molecular formula is C16H17NO3. The number of carbonyl (C=O) groups is 1. The number of carboxylic acids is 1. The first-order valence-corrected chi connectivity index (χ1v) is 6.45. The number of aromatic nitrogens is 1. The van der Waals surface area contributed by atoms with Gasteiger partial charge in [-0.2, -0.15) is 0 Å². The van der Waals surface area contributed by atoms with Crippen LogP contribution in [0.4, 0.5) is 0 Å². The van der Waals surface area contributed by atoms with Crippen LogP contribution in [0.1, 0.15) is 41.4 Å². The molecule has 0 fully saturated rings. The second-order valence-corrected chi connectivity index (χ2v) is 4.94. The molecule has 0 saturated heterocycles. The molecule has 1 aromatic carbocycles. The number of pyridine rings is 1. The molecule has 0 unspecified atom stereocenters. The van der Waals surface area contributed by atoms with E-state index >= 15 is 0 Å². The number of ether oxygens (including phenoxy) is 1. The molecule has 0 aliphatic heterocycles. The smallest absolute Gasteiger partial charge is 0.358 e. The fourth-order valence-corrected chi connectivity index (χ4v) is 1.84. The topological polar surface area (TPSA) is 59.4 Å². The molecule has 1 aromatic heterocycles. The maximum atomic E-state index is 11.1. The van der Waals surface area contributed by atoms with E-state index in [4.69, 9.17) is 9.84 Å². The van der Waals surface area contributed by atoms with Crippen LogP contribution in [0.3, 0.4) is 0 Å². The molecule has 0 atom stereocenters. The van der Waals surface area contributed by atoms with Gasteiger partial charge in [0.05, 0.1) is 0 Å². The van der Waals surface area contributed by atoms with Crippen LogP contribution in [0.15, 0.2) is 36.5 Å². The van der Waals surface area contributed by atoms with E-state index in [9.17, 15) is 4.79 Å². The maximum absolute atomic E-state index is 11.1. The summed E-state index contributed by atoms with van der Waals surface area (Å²) in [6.45, 7) is 6.12. The maximum Gasteiger partial charge on any atom is 0.358 e. The first-order chi connectivity index (χ1) is 9.49. The van der Waals surface area contributed by atoms with Gasteiger partial charge in [0.2, 0.25) is 0 Å². The van der Waals surface area contributed by atoms with Crippen LogP contribution < -0.4 is 4.74 Å². The van der Waals surface area contributed by atoms with Gasteiger partial charge in [-0.3, -0.25) is 0 Å². The number of nitrogens with zero attached hydrogens (tertiary/aromatic N) is 1. The lowest BCUT2D eigenvalue weighted by molar-refractivity contribution is 0.0687. The third-order valence-corrected chi connectivity index (χ3v) is 3.07. The number of hydrogen-bond donors (Lipinski definition) is 1. The first-order valence-electron chi connectivity index (χ1n) is 6.45. The van der Waals surface area contributed by atoms with Crippen LogP contribution in [0, 0.1) is 6.92 Å². The highest BCUT2D eigenvalue weighted by atomic mass is 16.5. The summed E-state index contributed by atoms with van der Waals surface area (Å²) in [5.41, 5.74) is 2.02. The molecule has 0 radical (unpaired) electrons. The van der Waals surface area contributed by atoms with Gasteiger partial charge in [0.1, 0.15) is 5.75 Å². The molecule has 0 aliphatic carbocycles. The third kappa shape index (κ3) is 2.96. The minimum atomic E-state index is -1.10. The van der Waals surface area contributed by atoms with Crippen molar-refractivity contribution in [1.82, 2.24) is 4.98 Å². The highest BCUT2D eigenvalue weighted by molar-refractivity contribution is 5.88. The molecule has 0 bridgehead atoms. The summed E-state index contributed by atoms with van der Waals surface area (Å²) >= 11 is 0. The standard InChI is InChI=1S/C16H17NO3/c1-10(2)12-7-6-11(3)14(9-12)20-13-5-4-8-17-15(13)16(18)19/h4-10H,1-3H3,(H,18,19). The molecule has 0 saturated carbocycles. The zero-order valence-electron chi connectivity index (χ0n) is 11.8. The van der Waals surface area contributed by atoms with E-state index in [0.717, 1.165) is 11.1 Å². The Balaban J connectivity index is 2.40. The number of aromatic carboxylic acids is 1. The van der Waals surface area contributed by atoms with Gasteiger partial charge in [-0.25, -0.2) is 9.78 Å². The molecule has 4 heteroatoms. The summed E-state index contributed by atoms with van der Waals surface area (Å²) < 4.78 is 5.75. The summed E-state index contributed by atoms with van der Waals surface area (Å²) in [5, 5.41) is 9.11. The third-order valence-electron chi connectivity index (χ3n) is 3.07. The van der Waals surface area contributed by atoms with Crippen molar-refractivity contribution in [3.8, 4) is 11.5 Å². The van der Waals surface area contributed by atoms with Crippen molar-refractivity contribution in [1.29, 1.82) is 0 Å². The molecule has 1 heterocycles. The number of carboxylic acid groups (broad SMARTS) is 1. The minimum Gasteiger partial charge on any atom is -0.476 e. The van der Waals surface area contributed by atoms with Gasteiger partial charge in [-0.1, -0.05) is 26.0 Å². The van der Waals surface area contributed by atoms with E-state index in [1.807, 2.05) is 25.1 Å². The zero-order valence-corrected chi connectivity index (χ0v) is 11.8. The van der Waals surface area contributed by atoms with Gasteiger partial charge >= 0.3 is 5.97 Å². The Morgan fingerprint density at radius 3 is 2.65 bits per heavy atom. The van der Waals surface area contributed by atoms with Gasteiger partial charge < -0.3 is 9.84 Å². The Labute approximate surface area is 118 Å². The van der Waals surface area contributed by atoms with E-state index in [1.54, 1.807) is 12.1 Å². The molecule has 2 rings (SSSR count). The van der Waals surface area contributed by atoms with Crippen LogP contribution >= 0.6 is 0 Å². The minimum absolute atomic E-state index is 0.0816. The molecule has 1 N–H and O–H groups in total. The van der Waals surface area contributed by atoms with E-state index in [-0.39, 0.29) is 11.4 Å². The van der Waals surface area contributed by atoms with Gasteiger partial charge in [-0.15, -0.1) is 0 Å². The SMILES string of the molecule is Cc1ccc(C(C)C)cc1Oc1cccnc1C(=O)O. The molecule has 0 spiro atoms. The lowest BCUT2D eigenvalue weighted by Gasteiger charge is -2.13. The van der Waals surface area contributed by atoms with E-state index in [0.29, 0.717) is 11.7 Å². The number of rotatable bonds is 4. The number of hydrogen-bond acceptors (Lipinski definition) is 3. The molecule has 4 nitrogen and oxygen atoms in total. The predicted molar refractivity (Wildman–Crippen MR) is 76.5 cm³/mol. The monoisotopic (exact) mass is 271 g/mol. The normalized spacial score (nSPS) is 10.6. The van der Waals surface area contributed by atoms with Crippen LogP contribution in [-0.4, -0.2) is 16.1 Å².